The van der Waals surface area contributed by atoms with Crippen molar-refractivity contribution in [3.63, 3.8) is 0 Å². The summed E-state index contributed by atoms with van der Waals surface area (Å²) in [5.74, 6) is -2.94. The van der Waals surface area contributed by atoms with Gasteiger partial charge in [0.15, 0.2) is 0 Å². The number of aliphatic hydroxyl groups excluding tert-OH is 1. The van der Waals surface area contributed by atoms with Crippen molar-refractivity contribution in [3.8, 4) is 0 Å². The highest BCUT2D eigenvalue weighted by atomic mass is 19.1. The summed E-state index contributed by atoms with van der Waals surface area (Å²) in [5.41, 5.74) is -1.68. The SMILES string of the molecule is CC(CCO)(C(=O)O)c1ccc(F)cc1F. The maximum absolute atomic E-state index is 13.4. The highest BCUT2D eigenvalue weighted by molar-refractivity contribution is 5.80. The second kappa shape index (κ2) is 4.57. The first-order valence-corrected chi connectivity index (χ1v) is 4.71. The van der Waals surface area contributed by atoms with Crippen molar-refractivity contribution in [1.29, 1.82) is 0 Å². The molecule has 0 spiro atoms. The molecule has 0 saturated carbocycles. The van der Waals surface area contributed by atoms with Crippen LogP contribution in [-0.4, -0.2) is 22.8 Å². The van der Waals surface area contributed by atoms with Gasteiger partial charge in [0.2, 0.25) is 0 Å². The van der Waals surface area contributed by atoms with Crippen molar-refractivity contribution in [2.75, 3.05) is 6.61 Å². The fourth-order valence-electron chi connectivity index (χ4n) is 1.52. The molecule has 0 radical (unpaired) electrons. The van der Waals surface area contributed by atoms with E-state index in [4.69, 9.17) is 10.2 Å². The average Bonchev–Trinajstić information content (AvgIpc) is 2.17. The highest BCUT2D eigenvalue weighted by Gasteiger charge is 2.37. The molecule has 0 amide bonds. The third-order valence-corrected chi connectivity index (χ3v) is 2.61. The molecule has 88 valence electrons. The van der Waals surface area contributed by atoms with Crippen molar-refractivity contribution in [2.45, 2.75) is 18.8 Å². The topological polar surface area (TPSA) is 57.5 Å². The van der Waals surface area contributed by atoms with Crippen LogP contribution in [0.4, 0.5) is 8.78 Å². The maximum atomic E-state index is 13.4. The molecule has 0 bridgehead atoms. The van der Waals surface area contributed by atoms with Crippen LogP contribution < -0.4 is 0 Å². The van der Waals surface area contributed by atoms with E-state index in [1.54, 1.807) is 0 Å². The zero-order chi connectivity index (χ0) is 12.3. The zero-order valence-electron chi connectivity index (χ0n) is 8.70. The van der Waals surface area contributed by atoms with Gasteiger partial charge in [0.25, 0.3) is 0 Å². The molecule has 1 unspecified atom stereocenters. The summed E-state index contributed by atoms with van der Waals surface area (Å²) in [7, 11) is 0. The molecule has 1 atom stereocenters. The Balaban J connectivity index is 3.26. The van der Waals surface area contributed by atoms with E-state index in [1.165, 1.54) is 6.92 Å². The quantitative estimate of drug-likeness (QED) is 0.827. The van der Waals surface area contributed by atoms with E-state index in [0.717, 1.165) is 12.1 Å². The average molecular weight is 230 g/mol. The highest BCUT2D eigenvalue weighted by Crippen LogP contribution is 2.30. The zero-order valence-corrected chi connectivity index (χ0v) is 8.70. The molecule has 0 heterocycles. The van der Waals surface area contributed by atoms with Crippen molar-refractivity contribution < 1.29 is 23.8 Å². The van der Waals surface area contributed by atoms with Gasteiger partial charge < -0.3 is 10.2 Å². The van der Waals surface area contributed by atoms with Crippen LogP contribution in [0.2, 0.25) is 0 Å². The molecule has 0 saturated heterocycles. The van der Waals surface area contributed by atoms with Gasteiger partial charge in [-0.3, -0.25) is 4.79 Å². The van der Waals surface area contributed by atoms with Crippen molar-refractivity contribution in [2.24, 2.45) is 0 Å². The minimum absolute atomic E-state index is 0.129. The first-order valence-electron chi connectivity index (χ1n) is 4.71. The summed E-state index contributed by atoms with van der Waals surface area (Å²) in [5, 5.41) is 17.8. The third-order valence-electron chi connectivity index (χ3n) is 2.61. The Morgan fingerprint density at radius 3 is 2.50 bits per heavy atom. The van der Waals surface area contributed by atoms with Crippen LogP contribution in [0, 0.1) is 11.6 Å². The molecule has 5 heteroatoms. The van der Waals surface area contributed by atoms with E-state index in [9.17, 15) is 13.6 Å². The van der Waals surface area contributed by atoms with E-state index >= 15 is 0 Å². The van der Waals surface area contributed by atoms with E-state index in [-0.39, 0.29) is 18.6 Å². The molecule has 0 fully saturated rings. The van der Waals surface area contributed by atoms with Gasteiger partial charge in [-0.1, -0.05) is 6.07 Å². The van der Waals surface area contributed by atoms with Gasteiger partial charge in [0.1, 0.15) is 11.6 Å². The van der Waals surface area contributed by atoms with E-state index in [2.05, 4.69) is 0 Å². The molecule has 1 aromatic rings. The minimum atomic E-state index is -1.55. The van der Waals surface area contributed by atoms with Crippen molar-refractivity contribution in [1.82, 2.24) is 0 Å². The number of benzene rings is 1. The molecule has 0 aliphatic rings. The lowest BCUT2D eigenvalue weighted by Crippen LogP contribution is -2.34. The number of carbonyl (C=O) groups is 1. The fourth-order valence-corrected chi connectivity index (χ4v) is 1.52. The number of hydrogen-bond donors (Lipinski definition) is 2. The predicted octanol–water partition coefficient (Wildman–Crippen LogP) is 1.69. The van der Waals surface area contributed by atoms with Crippen LogP contribution in [-0.2, 0) is 10.2 Å². The number of rotatable bonds is 4. The Morgan fingerprint density at radius 2 is 2.06 bits per heavy atom. The Kier molecular flexibility index (Phi) is 3.59. The van der Waals surface area contributed by atoms with Gasteiger partial charge in [-0.05, 0) is 19.4 Å². The number of halogens is 2. The molecule has 0 aromatic heterocycles. The van der Waals surface area contributed by atoms with Gasteiger partial charge in [0.05, 0.1) is 5.41 Å². The van der Waals surface area contributed by atoms with E-state index < -0.39 is 23.0 Å². The van der Waals surface area contributed by atoms with Crippen molar-refractivity contribution in [3.05, 3.63) is 35.4 Å². The Morgan fingerprint density at radius 1 is 1.44 bits per heavy atom. The van der Waals surface area contributed by atoms with Crippen LogP contribution in [0.15, 0.2) is 18.2 Å². The normalized spacial score (nSPS) is 14.5. The summed E-state index contributed by atoms with van der Waals surface area (Å²) < 4.78 is 26.1. The number of hydrogen-bond acceptors (Lipinski definition) is 2. The molecule has 0 aliphatic heterocycles. The molecule has 0 aliphatic carbocycles. The summed E-state index contributed by atoms with van der Waals surface area (Å²) >= 11 is 0. The third kappa shape index (κ3) is 2.19. The summed E-state index contributed by atoms with van der Waals surface area (Å²) in [6, 6.07) is 2.72. The smallest absolute Gasteiger partial charge is 0.314 e. The van der Waals surface area contributed by atoms with Crippen LogP contribution in [0.3, 0.4) is 0 Å². The summed E-state index contributed by atoms with van der Waals surface area (Å²) in [6.07, 6.45) is -0.134. The summed E-state index contributed by atoms with van der Waals surface area (Å²) in [4.78, 5) is 11.1. The second-order valence-electron chi connectivity index (χ2n) is 3.74. The number of carboxylic acids is 1. The Hall–Kier alpha value is -1.49. The van der Waals surface area contributed by atoms with E-state index in [0.29, 0.717) is 6.07 Å². The second-order valence-corrected chi connectivity index (χ2v) is 3.74. The van der Waals surface area contributed by atoms with Gasteiger partial charge in [0, 0.05) is 18.2 Å². The Bertz CT molecular complexity index is 406. The van der Waals surface area contributed by atoms with Crippen LogP contribution >= 0.6 is 0 Å². The number of carboxylic acid groups (broad SMARTS) is 1. The molecular weight excluding hydrogens is 218 g/mol. The monoisotopic (exact) mass is 230 g/mol. The fraction of sp³-hybridized carbons (Fsp3) is 0.364. The van der Waals surface area contributed by atoms with Gasteiger partial charge in [-0.15, -0.1) is 0 Å². The molecule has 16 heavy (non-hydrogen) atoms. The largest absolute Gasteiger partial charge is 0.481 e. The number of aliphatic hydroxyl groups is 1. The molecular formula is C11H12F2O3. The maximum Gasteiger partial charge on any atom is 0.314 e. The summed E-state index contributed by atoms with van der Waals surface area (Å²) in [6.45, 7) is 0.904. The van der Waals surface area contributed by atoms with Gasteiger partial charge in [-0.25, -0.2) is 8.78 Å². The minimum Gasteiger partial charge on any atom is -0.481 e. The van der Waals surface area contributed by atoms with Crippen LogP contribution in [0.5, 0.6) is 0 Å². The predicted molar refractivity (Wildman–Crippen MR) is 53.0 cm³/mol. The van der Waals surface area contributed by atoms with Gasteiger partial charge in [-0.2, -0.15) is 0 Å². The van der Waals surface area contributed by atoms with Crippen molar-refractivity contribution >= 4 is 5.97 Å². The van der Waals surface area contributed by atoms with Crippen LogP contribution in [0.25, 0.3) is 0 Å². The lowest BCUT2D eigenvalue weighted by molar-refractivity contribution is -0.144. The van der Waals surface area contributed by atoms with E-state index in [1.807, 2.05) is 0 Å². The Labute approximate surface area is 91.3 Å². The molecule has 1 rings (SSSR count). The van der Waals surface area contributed by atoms with Crippen LogP contribution in [0.1, 0.15) is 18.9 Å². The molecule has 2 N–H and O–H groups in total. The lowest BCUT2D eigenvalue weighted by atomic mass is 9.79. The lowest BCUT2D eigenvalue weighted by Gasteiger charge is -2.24. The molecule has 3 nitrogen and oxygen atoms in total. The molecule has 1 aromatic carbocycles. The van der Waals surface area contributed by atoms with Gasteiger partial charge >= 0.3 is 5.97 Å². The first-order chi connectivity index (χ1) is 7.41. The number of aliphatic carboxylic acids is 1. The standard InChI is InChI=1S/C11H12F2O3/c1-11(4-5-14,10(15)16)8-3-2-7(12)6-9(8)13/h2-3,6,14H,4-5H2,1H3,(H,15,16). The first kappa shape index (κ1) is 12.6.